The van der Waals surface area contributed by atoms with Crippen LogP contribution in [0.25, 0.3) is 6.08 Å². The second-order valence-corrected chi connectivity index (χ2v) is 6.62. The fraction of sp³-hybridized carbons (Fsp3) is 0.318. The molecule has 0 amide bonds. The normalized spacial score (nSPS) is 11.9. The summed E-state index contributed by atoms with van der Waals surface area (Å²) in [6.07, 6.45) is -7.03. The van der Waals surface area contributed by atoms with Gasteiger partial charge >= 0.3 is 12.4 Å². The minimum atomic E-state index is -4.70. The Morgan fingerprint density at radius 2 is 1.35 bits per heavy atom. The highest BCUT2D eigenvalue weighted by atomic mass is 19.4. The minimum absolute atomic E-state index is 0.283. The number of alkyl halides is 6. The number of allylic oxidation sites excluding steroid dienone is 1. The van der Waals surface area contributed by atoms with Gasteiger partial charge in [-0.2, -0.15) is 26.3 Å². The van der Waals surface area contributed by atoms with Gasteiger partial charge in [0.2, 0.25) is 5.75 Å². The third-order valence-electron chi connectivity index (χ3n) is 4.12. The Bertz CT molecular complexity index is 1000. The molecule has 2 aromatic carbocycles. The third kappa shape index (κ3) is 7.78. The first-order chi connectivity index (χ1) is 15.9. The van der Waals surface area contributed by atoms with E-state index in [-0.39, 0.29) is 17.2 Å². The van der Waals surface area contributed by atoms with Crippen molar-refractivity contribution in [2.24, 2.45) is 0 Å². The van der Waals surface area contributed by atoms with E-state index in [1.807, 2.05) is 0 Å². The van der Waals surface area contributed by atoms with Crippen molar-refractivity contribution in [3.63, 3.8) is 0 Å². The molecule has 0 aromatic heterocycles. The van der Waals surface area contributed by atoms with Gasteiger partial charge in [0.15, 0.2) is 30.5 Å². The van der Waals surface area contributed by atoms with E-state index in [1.165, 1.54) is 39.5 Å². The van der Waals surface area contributed by atoms with Gasteiger partial charge in [0.05, 0.1) is 26.9 Å². The highest BCUT2D eigenvalue weighted by Crippen LogP contribution is 2.38. The molecule has 0 unspecified atom stereocenters. The standard InChI is InChI=1S/C22H20F6O6/c1-30-18-8-13(9-19(31-2)20(18)32-3)4-6-16(29)15-10-14(33-11-21(23,24)25)5-7-17(15)34-12-22(26,27)28/h4-10H,11-12H2,1-3H3/b6-4+. The zero-order valence-corrected chi connectivity index (χ0v) is 18.2. The SMILES string of the molecule is COc1cc(/C=C/C(=O)c2cc(OCC(F)(F)F)ccc2OCC(F)(F)F)cc(OC)c1OC. The number of halogens is 6. The highest BCUT2D eigenvalue weighted by Gasteiger charge is 2.30. The van der Waals surface area contributed by atoms with Crippen molar-refractivity contribution in [1.82, 2.24) is 0 Å². The van der Waals surface area contributed by atoms with Crippen LogP contribution in [0.4, 0.5) is 26.3 Å². The molecule has 186 valence electrons. The molecule has 0 saturated heterocycles. The van der Waals surface area contributed by atoms with Gasteiger partial charge in [-0.3, -0.25) is 4.79 Å². The number of hydrogen-bond acceptors (Lipinski definition) is 6. The fourth-order valence-electron chi connectivity index (χ4n) is 2.70. The largest absolute Gasteiger partial charge is 0.493 e. The molecule has 2 rings (SSSR count). The molecule has 0 spiro atoms. The maximum absolute atomic E-state index is 12.7. The van der Waals surface area contributed by atoms with Crippen molar-refractivity contribution in [2.75, 3.05) is 34.5 Å². The summed E-state index contributed by atoms with van der Waals surface area (Å²) in [5, 5.41) is 0. The van der Waals surface area contributed by atoms with Gasteiger partial charge in [0, 0.05) is 0 Å². The average Bonchev–Trinajstić information content (AvgIpc) is 2.78. The maximum Gasteiger partial charge on any atom is 0.422 e. The first kappa shape index (κ1) is 26.7. The molecule has 34 heavy (non-hydrogen) atoms. The summed E-state index contributed by atoms with van der Waals surface area (Å²) < 4.78 is 99.9. The van der Waals surface area contributed by atoms with Gasteiger partial charge in [-0.05, 0) is 42.0 Å². The summed E-state index contributed by atoms with van der Waals surface area (Å²) in [6.45, 7) is -3.35. The molecule has 0 radical (unpaired) electrons. The van der Waals surface area contributed by atoms with Crippen LogP contribution < -0.4 is 23.7 Å². The molecule has 0 aliphatic rings. The van der Waals surface area contributed by atoms with Crippen LogP contribution in [-0.4, -0.2) is 52.7 Å². The van der Waals surface area contributed by atoms with Crippen LogP contribution in [0, 0.1) is 0 Å². The Kier molecular flexibility index (Phi) is 8.66. The lowest BCUT2D eigenvalue weighted by Gasteiger charge is -2.14. The highest BCUT2D eigenvalue weighted by molar-refractivity contribution is 6.09. The van der Waals surface area contributed by atoms with Crippen molar-refractivity contribution in [3.05, 3.63) is 47.5 Å². The molecule has 0 aliphatic heterocycles. The smallest absolute Gasteiger partial charge is 0.422 e. The van der Waals surface area contributed by atoms with Gasteiger partial charge < -0.3 is 23.7 Å². The van der Waals surface area contributed by atoms with Crippen molar-refractivity contribution < 1.29 is 54.8 Å². The molecule has 0 saturated carbocycles. The summed E-state index contributed by atoms with van der Waals surface area (Å²) in [4.78, 5) is 12.7. The summed E-state index contributed by atoms with van der Waals surface area (Å²) in [5.74, 6) is -0.831. The van der Waals surface area contributed by atoms with Gasteiger partial charge in [0.25, 0.3) is 0 Å². The van der Waals surface area contributed by atoms with Crippen LogP contribution in [0.3, 0.4) is 0 Å². The van der Waals surface area contributed by atoms with Crippen LogP contribution >= 0.6 is 0 Å². The van der Waals surface area contributed by atoms with E-state index in [0.717, 1.165) is 24.3 Å². The Morgan fingerprint density at radius 1 is 0.794 bits per heavy atom. The molecule has 12 heteroatoms. The van der Waals surface area contributed by atoms with E-state index in [0.29, 0.717) is 11.3 Å². The predicted octanol–water partition coefficient (Wildman–Crippen LogP) is 5.49. The number of ketones is 1. The molecule has 0 heterocycles. The number of benzene rings is 2. The zero-order chi connectivity index (χ0) is 25.5. The van der Waals surface area contributed by atoms with Crippen molar-refractivity contribution in [3.8, 4) is 28.7 Å². The lowest BCUT2D eigenvalue weighted by atomic mass is 10.1. The summed E-state index contributed by atoms with van der Waals surface area (Å²) in [7, 11) is 4.16. The molecular weight excluding hydrogens is 474 g/mol. The van der Waals surface area contributed by atoms with E-state index in [1.54, 1.807) is 0 Å². The summed E-state index contributed by atoms with van der Waals surface area (Å²) in [6, 6.07) is 5.79. The van der Waals surface area contributed by atoms with Gasteiger partial charge in [0.1, 0.15) is 11.5 Å². The third-order valence-corrected chi connectivity index (χ3v) is 4.12. The van der Waals surface area contributed by atoms with E-state index in [2.05, 4.69) is 9.47 Å². The summed E-state index contributed by atoms with van der Waals surface area (Å²) in [5.41, 5.74) is -0.0160. The Balaban J connectivity index is 2.38. The Morgan fingerprint density at radius 3 is 1.85 bits per heavy atom. The van der Waals surface area contributed by atoms with Crippen LogP contribution in [0.2, 0.25) is 0 Å². The first-order valence-electron chi connectivity index (χ1n) is 9.42. The second kappa shape index (κ2) is 11.0. The van der Waals surface area contributed by atoms with Crippen LogP contribution in [-0.2, 0) is 0 Å². The predicted molar refractivity (Wildman–Crippen MR) is 109 cm³/mol. The number of ether oxygens (including phenoxy) is 5. The van der Waals surface area contributed by atoms with Crippen LogP contribution in [0.5, 0.6) is 28.7 Å². The van der Waals surface area contributed by atoms with Crippen LogP contribution in [0.1, 0.15) is 15.9 Å². The van der Waals surface area contributed by atoms with Gasteiger partial charge in [-0.1, -0.05) is 6.08 Å². The first-order valence-corrected chi connectivity index (χ1v) is 9.42. The van der Waals surface area contributed by atoms with Crippen LogP contribution in [0.15, 0.2) is 36.4 Å². The molecule has 0 aliphatic carbocycles. The lowest BCUT2D eigenvalue weighted by Crippen LogP contribution is -2.21. The van der Waals surface area contributed by atoms with E-state index < -0.39 is 42.7 Å². The topological polar surface area (TPSA) is 63.2 Å². The molecular formula is C22H20F6O6. The van der Waals surface area contributed by atoms with E-state index in [9.17, 15) is 31.1 Å². The zero-order valence-electron chi connectivity index (χ0n) is 18.2. The fourth-order valence-corrected chi connectivity index (χ4v) is 2.70. The molecule has 0 fully saturated rings. The number of carbonyl (C=O) groups excluding carboxylic acids is 1. The summed E-state index contributed by atoms with van der Waals surface area (Å²) >= 11 is 0. The second-order valence-electron chi connectivity index (χ2n) is 6.62. The number of rotatable bonds is 10. The van der Waals surface area contributed by atoms with Gasteiger partial charge in [-0.15, -0.1) is 0 Å². The average molecular weight is 494 g/mol. The van der Waals surface area contributed by atoms with E-state index in [4.69, 9.17) is 14.2 Å². The van der Waals surface area contributed by atoms with Crippen molar-refractivity contribution >= 4 is 11.9 Å². The van der Waals surface area contributed by atoms with Crippen molar-refractivity contribution in [1.29, 1.82) is 0 Å². The number of methoxy groups -OCH3 is 3. The van der Waals surface area contributed by atoms with Gasteiger partial charge in [-0.25, -0.2) is 0 Å². The monoisotopic (exact) mass is 494 g/mol. The quantitative estimate of drug-likeness (QED) is 0.247. The molecule has 6 nitrogen and oxygen atoms in total. The Labute approximate surface area is 190 Å². The van der Waals surface area contributed by atoms with E-state index >= 15 is 0 Å². The molecule has 2 aromatic rings. The lowest BCUT2D eigenvalue weighted by molar-refractivity contribution is -0.154. The molecule has 0 bridgehead atoms. The Hall–Kier alpha value is -3.57. The number of carbonyl (C=O) groups is 1. The van der Waals surface area contributed by atoms with Crippen molar-refractivity contribution in [2.45, 2.75) is 12.4 Å². The maximum atomic E-state index is 12.7. The number of hydrogen-bond donors (Lipinski definition) is 0. The molecule has 0 N–H and O–H groups in total. The molecule has 0 atom stereocenters. The minimum Gasteiger partial charge on any atom is -0.493 e.